The Morgan fingerprint density at radius 3 is 2.50 bits per heavy atom. The molecule has 2 heterocycles. The van der Waals surface area contributed by atoms with Crippen LogP contribution < -0.4 is 0 Å². The molecule has 94 valence electrons. The van der Waals surface area contributed by atoms with Crippen molar-refractivity contribution < 1.29 is 0 Å². The molecule has 0 amide bonds. The van der Waals surface area contributed by atoms with Gasteiger partial charge in [-0.25, -0.2) is 0 Å². The van der Waals surface area contributed by atoms with E-state index in [1.807, 2.05) is 6.20 Å². The molecule has 1 aliphatic heterocycles. The van der Waals surface area contributed by atoms with Crippen LogP contribution in [0.1, 0.15) is 31.4 Å². The Balaban J connectivity index is 1.78. The van der Waals surface area contributed by atoms with Gasteiger partial charge in [0.15, 0.2) is 0 Å². The average Bonchev–Trinajstić information content (AvgIpc) is 3.11. The number of nitrogens with zero attached hydrogens (tertiary/aromatic N) is 3. The van der Waals surface area contributed by atoms with Crippen LogP contribution in [-0.2, 0) is 0 Å². The van der Waals surface area contributed by atoms with E-state index >= 15 is 0 Å². The smallest absolute Gasteiger partial charge is 0.104 e. The summed E-state index contributed by atoms with van der Waals surface area (Å²) in [5.74, 6) is 0. The normalized spacial score (nSPS) is 18.1. The third-order valence-corrected chi connectivity index (χ3v) is 4.22. The fourth-order valence-electron chi connectivity index (χ4n) is 2.56. The van der Waals surface area contributed by atoms with E-state index in [0.29, 0.717) is 6.04 Å². The summed E-state index contributed by atoms with van der Waals surface area (Å²) < 4.78 is 8.30. The van der Waals surface area contributed by atoms with Gasteiger partial charge >= 0.3 is 0 Å². The van der Waals surface area contributed by atoms with Gasteiger partial charge in [-0.1, -0.05) is 24.3 Å². The molecular formula is C14H17N3S. The van der Waals surface area contributed by atoms with Crippen molar-refractivity contribution in [3.8, 4) is 11.3 Å². The number of hydrogen-bond acceptors (Lipinski definition) is 4. The highest BCUT2D eigenvalue weighted by Crippen LogP contribution is 2.26. The van der Waals surface area contributed by atoms with Gasteiger partial charge in [0.1, 0.15) is 5.69 Å². The largest absolute Gasteiger partial charge is 0.297 e. The van der Waals surface area contributed by atoms with Gasteiger partial charge in [-0.3, -0.25) is 4.90 Å². The lowest BCUT2D eigenvalue weighted by atomic mass is 10.0. The van der Waals surface area contributed by atoms with Crippen LogP contribution in [0, 0.1) is 0 Å². The highest BCUT2D eigenvalue weighted by Gasteiger charge is 2.19. The summed E-state index contributed by atoms with van der Waals surface area (Å²) in [5.41, 5.74) is 3.52. The summed E-state index contributed by atoms with van der Waals surface area (Å²) in [5, 5.41) is 0. The lowest BCUT2D eigenvalue weighted by Crippen LogP contribution is -2.23. The summed E-state index contributed by atoms with van der Waals surface area (Å²) in [4.78, 5) is 2.55. The van der Waals surface area contributed by atoms with Crippen molar-refractivity contribution in [1.29, 1.82) is 0 Å². The summed E-state index contributed by atoms with van der Waals surface area (Å²) in [7, 11) is 0. The van der Waals surface area contributed by atoms with E-state index < -0.39 is 0 Å². The Morgan fingerprint density at radius 2 is 1.89 bits per heavy atom. The second-order valence-corrected chi connectivity index (χ2v) is 5.39. The molecule has 4 heteroatoms. The maximum absolute atomic E-state index is 4.26. The van der Waals surface area contributed by atoms with Crippen molar-refractivity contribution in [3.63, 3.8) is 0 Å². The van der Waals surface area contributed by atoms with E-state index in [-0.39, 0.29) is 0 Å². The number of hydrogen-bond donors (Lipinski definition) is 0. The third-order valence-electron chi connectivity index (χ3n) is 3.74. The monoisotopic (exact) mass is 259 g/mol. The molecule has 0 spiro atoms. The van der Waals surface area contributed by atoms with Crippen molar-refractivity contribution in [2.75, 3.05) is 13.1 Å². The maximum atomic E-state index is 4.26. The van der Waals surface area contributed by atoms with Gasteiger partial charge in [0.05, 0.1) is 17.9 Å². The Morgan fingerprint density at radius 1 is 1.17 bits per heavy atom. The molecule has 0 bridgehead atoms. The highest BCUT2D eigenvalue weighted by molar-refractivity contribution is 6.99. The van der Waals surface area contributed by atoms with Gasteiger partial charge in [-0.15, -0.1) is 0 Å². The summed E-state index contributed by atoms with van der Waals surface area (Å²) in [6.07, 6.45) is 4.50. The Bertz CT molecular complexity index is 486. The van der Waals surface area contributed by atoms with Crippen LogP contribution in [0.4, 0.5) is 0 Å². The molecule has 1 aromatic heterocycles. The van der Waals surface area contributed by atoms with Crippen LogP contribution in [0.5, 0.6) is 0 Å². The molecule has 3 rings (SSSR count). The predicted octanol–water partition coefficient (Wildman–Crippen LogP) is 3.36. The molecule has 1 saturated heterocycles. The second kappa shape index (κ2) is 5.16. The van der Waals surface area contributed by atoms with E-state index in [1.54, 1.807) is 0 Å². The van der Waals surface area contributed by atoms with Crippen LogP contribution in [0.25, 0.3) is 11.3 Å². The van der Waals surface area contributed by atoms with E-state index in [1.165, 1.54) is 43.2 Å². The van der Waals surface area contributed by atoms with Crippen molar-refractivity contribution in [2.45, 2.75) is 25.8 Å². The van der Waals surface area contributed by atoms with Crippen molar-refractivity contribution >= 4 is 11.7 Å². The predicted molar refractivity (Wildman–Crippen MR) is 74.6 cm³/mol. The molecule has 2 aromatic rings. The molecule has 1 fully saturated rings. The maximum Gasteiger partial charge on any atom is 0.104 e. The van der Waals surface area contributed by atoms with E-state index in [0.717, 1.165) is 11.3 Å². The summed E-state index contributed by atoms with van der Waals surface area (Å²) >= 11 is 1.26. The standard InChI is InChI=1S/C14H17N3S/c1-11(17-8-2-3-9-17)12-4-6-13(7-5-12)14-10-15-18-16-14/h4-7,10-11H,2-3,8-9H2,1H3/t11-/m1/s1. The average molecular weight is 259 g/mol. The van der Waals surface area contributed by atoms with Crippen LogP contribution in [-0.4, -0.2) is 26.7 Å². The van der Waals surface area contributed by atoms with Crippen molar-refractivity contribution in [1.82, 2.24) is 13.6 Å². The first kappa shape index (κ1) is 11.8. The van der Waals surface area contributed by atoms with Crippen LogP contribution in [0.3, 0.4) is 0 Å². The van der Waals surface area contributed by atoms with Gasteiger partial charge in [0.25, 0.3) is 0 Å². The first-order chi connectivity index (χ1) is 8.84. The molecule has 18 heavy (non-hydrogen) atoms. The Labute approximate surface area is 112 Å². The topological polar surface area (TPSA) is 29.0 Å². The summed E-state index contributed by atoms with van der Waals surface area (Å²) in [6.45, 7) is 4.77. The number of rotatable bonds is 3. The Kier molecular flexibility index (Phi) is 3.39. The van der Waals surface area contributed by atoms with E-state index in [2.05, 4.69) is 44.8 Å². The lowest BCUT2D eigenvalue weighted by molar-refractivity contribution is 0.263. The minimum atomic E-state index is 0.523. The molecule has 1 atom stereocenters. The number of likely N-dealkylation sites (tertiary alicyclic amines) is 1. The number of benzene rings is 1. The van der Waals surface area contributed by atoms with Crippen molar-refractivity contribution in [3.05, 3.63) is 36.0 Å². The van der Waals surface area contributed by atoms with Gasteiger partial charge < -0.3 is 0 Å². The zero-order chi connectivity index (χ0) is 12.4. The molecule has 3 nitrogen and oxygen atoms in total. The number of aromatic nitrogens is 2. The zero-order valence-corrected chi connectivity index (χ0v) is 11.4. The minimum Gasteiger partial charge on any atom is -0.297 e. The van der Waals surface area contributed by atoms with Gasteiger partial charge in [-0.2, -0.15) is 8.75 Å². The minimum absolute atomic E-state index is 0.523. The van der Waals surface area contributed by atoms with Gasteiger partial charge in [0.2, 0.25) is 0 Å². The van der Waals surface area contributed by atoms with E-state index in [4.69, 9.17) is 0 Å². The fourth-order valence-corrected chi connectivity index (χ4v) is 3.00. The van der Waals surface area contributed by atoms with Crippen LogP contribution in [0.15, 0.2) is 30.5 Å². The Hall–Kier alpha value is -1.26. The third kappa shape index (κ3) is 2.31. The van der Waals surface area contributed by atoms with Gasteiger partial charge in [0, 0.05) is 11.6 Å². The molecule has 0 saturated carbocycles. The molecule has 0 unspecified atom stereocenters. The van der Waals surface area contributed by atoms with Crippen LogP contribution in [0.2, 0.25) is 0 Å². The first-order valence-electron chi connectivity index (χ1n) is 6.46. The SMILES string of the molecule is C[C@H](c1ccc(-c2cnsn2)cc1)N1CCCC1. The van der Waals surface area contributed by atoms with E-state index in [9.17, 15) is 0 Å². The van der Waals surface area contributed by atoms with Crippen LogP contribution >= 0.6 is 11.7 Å². The van der Waals surface area contributed by atoms with Crippen molar-refractivity contribution in [2.24, 2.45) is 0 Å². The molecule has 0 N–H and O–H groups in total. The first-order valence-corrected chi connectivity index (χ1v) is 7.19. The molecule has 1 aromatic carbocycles. The quantitative estimate of drug-likeness (QED) is 0.846. The molecule has 0 aliphatic carbocycles. The lowest BCUT2D eigenvalue weighted by Gasteiger charge is -2.24. The molecule has 1 aliphatic rings. The second-order valence-electron chi connectivity index (χ2n) is 4.83. The zero-order valence-electron chi connectivity index (χ0n) is 10.5. The highest BCUT2D eigenvalue weighted by atomic mass is 32.1. The van der Waals surface area contributed by atoms with Gasteiger partial charge in [-0.05, 0) is 38.4 Å². The fraction of sp³-hybridized carbons (Fsp3) is 0.429. The summed E-state index contributed by atoms with van der Waals surface area (Å²) in [6, 6.07) is 9.27. The molecular weight excluding hydrogens is 242 g/mol. The molecule has 0 radical (unpaired) electrons.